The summed E-state index contributed by atoms with van der Waals surface area (Å²) >= 11 is 1.83. The molecule has 2 atom stereocenters. The number of fused-ring (bicyclic) bond motifs is 1. The molecule has 0 N–H and O–H groups in total. The van der Waals surface area contributed by atoms with Crippen molar-refractivity contribution in [3.63, 3.8) is 0 Å². The standard InChI is InChI=1S/C16H24N2S/c1-2-13(1)7-17-5-3-15-9-18(11-16(15)10-17)8-14-4-6-19-12-14/h4,6,12-13,15-16H,1-3,5,7-11H2/t15-,16+/m0/s1. The molecular formula is C16H24N2S. The molecule has 0 unspecified atom stereocenters. The number of likely N-dealkylation sites (tertiary alicyclic amines) is 2. The Morgan fingerprint density at radius 2 is 1.89 bits per heavy atom. The smallest absolute Gasteiger partial charge is 0.0242 e. The quantitative estimate of drug-likeness (QED) is 0.834. The van der Waals surface area contributed by atoms with Crippen LogP contribution in [0.15, 0.2) is 16.8 Å². The van der Waals surface area contributed by atoms with Gasteiger partial charge in [-0.15, -0.1) is 0 Å². The summed E-state index contributed by atoms with van der Waals surface area (Å²) in [5.74, 6) is 2.99. The first-order chi connectivity index (χ1) is 9.37. The van der Waals surface area contributed by atoms with Crippen molar-refractivity contribution >= 4 is 11.3 Å². The van der Waals surface area contributed by atoms with Crippen LogP contribution >= 0.6 is 11.3 Å². The second-order valence-electron chi connectivity index (χ2n) is 6.84. The van der Waals surface area contributed by atoms with E-state index in [0.717, 1.165) is 17.8 Å². The van der Waals surface area contributed by atoms with E-state index in [1.165, 1.54) is 64.1 Å². The lowest BCUT2D eigenvalue weighted by molar-refractivity contribution is 0.143. The maximum atomic E-state index is 2.76. The van der Waals surface area contributed by atoms with Gasteiger partial charge in [0.2, 0.25) is 0 Å². The molecule has 1 saturated carbocycles. The molecule has 4 rings (SSSR count). The molecule has 2 aliphatic heterocycles. The molecule has 0 aromatic carbocycles. The highest BCUT2D eigenvalue weighted by atomic mass is 32.1. The van der Waals surface area contributed by atoms with Crippen LogP contribution in [0.25, 0.3) is 0 Å². The van der Waals surface area contributed by atoms with Gasteiger partial charge < -0.3 is 4.90 Å². The van der Waals surface area contributed by atoms with Gasteiger partial charge in [0, 0.05) is 32.7 Å². The van der Waals surface area contributed by atoms with Gasteiger partial charge in [0.05, 0.1) is 0 Å². The van der Waals surface area contributed by atoms with Gasteiger partial charge in [0.25, 0.3) is 0 Å². The molecule has 19 heavy (non-hydrogen) atoms. The minimum atomic E-state index is 0.950. The monoisotopic (exact) mass is 276 g/mol. The lowest BCUT2D eigenvalue weighted by Crippen LogP contribution is -2.40. The van der Waals surface area contributed by atoms with Gasteiger partial charge in [0.1, 0.15) is 0 Å². The summed E-state index contributed by atoms with van der Waals surface area (Å²) in [5, 5.41) is 4.51. The highest BCUT2D eigenvalue weighted by Gasteiger charge is 2.38. The Labute approximate surface area is 120 Å². The molecule has 0 radical (unpaired) electrons. The molecule has 0 amide bonds. The normalized spacial score (nSPS) is 32.6. The summed E-state index contributed by atoms with van der Waals surface area (Å²) < 4.78 is 0. The van der Waals surface area contributed by atoms with Crippen LogP contribution in [-0.4, -0.2) is 42.5 Å². The van der Waals surface area contributed by atoms with E-state index in [9.17, 15) is 0 Å². The fourth-order valence-electron chi connectivity index (χ4n) is 3.94. The van der Waals surface area contributed by atoms with Crippen molar-refractivity contribution in [2.45, 2.75) is 25.8 Å². The number of rotatable bonds is 4. The lowest BCUT2D eigenvalue weighted by Gasteiger charge is -2.34. The summed E-state index contributed by atoms with van der Waals surface area (Å²) in [5.41, 5.74) is 1.51. The van der Waals surface area contributed by atoms with Crippen molar-refractivity contribution < 1.29 is 0 Å². The zero-order valence-corrected chi connectivity index (χ0v) is 12.4. The maximum Gasteiger partial charge on any atom is 0.0242 e. The summed E-state index contributed by atoms with van der Waals surface area (Å²) in [6, 6.07) is 2.28. The average molecular weight is 276 g/mol. The Kier molecular flexibility index (Phi) is 3.38. The number of hydrogen-bond acceptors (Lipinski definition) is 3. The molecule has 1 aromatic heterocycles. The Hall–Kier alpha value is -0.380. The summed E-state index contributed by atoms with van der Waals surface area (Å²) in [4.78, 5) is 5.45. The van der Waals surface area contributed by atoms with Crippen LogP contribution in [0, 0.1) is 17.8 Å². The van der Waals surface area contributed by atoms with Crippen LogP contribution in [0.3, 0.4) is 0 Å². The first kappa shape index (κ1) is 12.4. The highest BCUT2D eigenvalue weighted by molar-refractivity contribution is 7.07. The molecule has 0 bridgehead atoms. The minimum Gasteiger partial charge on any atom is -0.303 e. The Balaban J connectivity index is 1.32. The summed E-state index contributed by atoms with van der Waals surface area (Å²) in [6.45, 7) is 8.00. The Morgan fingerprint density at radius 3 is 2.68 bits per heavy atom. The number of nitrogens with zero attached hydrogens (tertiary/aromatic N) is 2. The summed E-state index contributed by atoms with van der Waals surface area (Å²) in [6.07, 6.45) is 4.43. The zero-order chi connectivity index (χ0) is 12.7. The van der Waals surface area contributed by atoms with Crippen molar-refractivity contribution in [3.8, 4) is 0 Å². The first-order valence-corrected chi connectivity index (χ1v) is 8.77. The number of hydrogen-bond donors (Lipinski definition) is 0. The van der Waals surface area contributed by atoms with Crippen molar-refractivity contribution in [1.29, 1.82) is 0 Å². The third-order valence-corrected chi connectivity index (χ3v) is 5.89. The van der Waals surface area contributed by atoms with Crippen LogP contribution in [0.2, 0.25) is 0 Å². The molecule has 0 spiro atoms. The van der Waals surface area contributed by atoms with Gasteiger partial charge in [-0.2, -0.15) is 11.3 Å². The van der Waals surface area contributed by atoms with E-state index in [1.807, 2.05) is 11.3 Å². The third-order valence-electron chi connectivity index (χ3n) is 5.16. The highest BCUT2D eigenvalue weighted by Crippen LogP contribution is 2.35. The predicted molar refractivity (Wildman–Crippen MR) is 80.4 cm³/mol. The number of thiophene rings is 1. The summed E-state index contributed by atoms with van der Waals surface area (Å²) in [7, 11) is 0. The van der Waals surface area contributed by atoms with Gasteiger partial charge in [-0.1, -0.05) is 0 Å². The largest absolute Gasteiger partial charge is 0.303 e. The Morgan fingerprint density at radius 1 is 1.05 bits per heavy atom. The number of piperidine rings is 1. The van der Waals surface area contributed by atoms with E-state index in [-0.39, 0.29) is 0 Å². The predicted octanol–water partition coefficient (Wildman–Crippen LogP) is 2.91. The van der Waals surface area contributed by atoms with Gasteiger partial charge in [-0.3, -0.25) is 4.90 Å². The second-order valence-corrected chi connectivity index (χ2v) is 7.62. The van der Waals surface area contributed by atoms with E-state index in [4.69, 9.17) is 0 Å². The first-order valence-electron chi connectivity index (χ1n) is 7.82. The van der Waals surface area contributed by atoms with Crippen LogP contribution in [0.4, 0.5) is 0 Å². The van der Waals surface area contributed by atoms with Crippen molar-refractivity contribution in [1.82, 2.24) is 9.80 Å². The SMILES string of the molecule is c1cc(CN2C[C@H]3CN(CC4CC4)CC[C@H]3C2)cs1. The lowest BCUT2D eigenvalue weighted by atomic mass is 9.88. The third kappa shape index (κ3) is 2.88. The maximum absolute atomic E-state index is 2.76. The van der Waals surface area contributed by atoms with Gasteiger partial charge in [-0.05, 0) is 66.0 Å². The molecule has 3 fully saturated rings. The molecule has 3 aliphatic rings. The van der Waals surface area contributed by atoms with Crippen LogP contribution in [-0.2, 0) is 6.54 Å². The van der Waals surface area contributed by atoms with E-state index < -0.39 is 0 Å². The molecule has 1 aromatic rings. The fourth-order valence-corrected chi connectivity index (χ4v) is 4.60. The van der Waals surface area contributed by atoms with E-state index in [2.05, 4.69) is 26.6 Å². The molecule has 1 aliphatic carbocycles. The molecule has 2 nitrogen and oxygen atoms in total. The molecule has 3 heteroatoms. The zero-order valence-electron chi connectivity index (χ0n) is 11.6. The topological polar surface area (TPSA) is 6.48 Å². The van der Waals surface area contributed by atoms with Crippen molar-refractivity contribution in [2.24, 2.45) is 17.8 Å². The van der Waals surface area contributed by atoms with E-state index in [0.29, 0.717) is 0 Å². The van der Waals surface area contributed by atoms with Gasteiger partial charge >= 0.3 is 0 Å². The van der Waals surface area contributed by atoms with Crippen LogP contribution in [0.1, 0.15) is 24.8 Å². The van der Waals surface area contributed by atoms with Gasteiger partial charge in [-0.25, -0.2) is 0 Å². The molecule has 3 heterocycles. The van der Waals surface area contributed by atoms with Crippen LogP contribution < -0.4 is 0 Å². The molecular weight excluding hydrogens is 252 g/mol. The second kappa shape index (κ2) is 5.19. The van der Waals surface area contributed by atoms with E-state index >= 15 is 0 Å². The van der Waals surface area contributed by atoms with Crippen molar-refractivity contribution in [3.05, 3.63) is 22.4 Å². The average Bonchev–Trinajstić information content (AvgIpc) is 2.91. The van der Waals surface area contributed by atoms with Crippen molar-refractivity contribution in [2.75, 3.05) is 32.7 Å². The minimum absolute atomic E-state index is 0.950. The van der Waals surface area contributed by atoms with Crippen LogP contribution in [0.5, 0.6) is 0 Å². The van der Waals surface area contributed by atoms with E-state index in [1.54, 1.807) is 0 Å². The Bertz CT molecular complexity index is 412. The fraction of sp³-hybridized carbons (Fsp3) is 0.750. The van der Waals surface area contributed by atoms with Gasteiger partial charge in [0.15, 0.2) is 0 Å². The molecule has 2 saturated heterocycles. The molecule has 104 valence electrons.